The lowest BCUT2D eigenvalue weighted by molar-refractivity contribution is -0.137. The molecule has 26 heavy (non-hydrogen) atoms. The zero-order valence-electron chi connectivity index (χ0n) is 14.8. The zero-order chi connectivity index (χ0) is 18.9. The largest absolute Gasteiger partial charge is 0.344 e. The molecule has 136 valence electrons. The summed E-state index contributed by atoms with van der Waals surface area (Å²) in [6.45, 7) is 5.43. The number of nitrogens with zero attached hydrogens (tertiary/aromatic N) is 2. The number of imide groups is 1. The number of nitrogens with one attached hydrogen (secondary N) is 2. The second kappa shape index (κ2) is 6.95. The Morgan fingerprint density at radius 1 is 1.35 bits per heavy atom. The fraction of sp³-hybridized carbons (Fsp3) is 0.333. The third-order valence-corrected chi connectivity index (χ3v) is 5.37. The first-order chi connectivity index (χ1) is 12.3. The molecule has 8 heteroatoms. The molecule has 0 radical (unpaired) electrons. The summed E-state index contributed by atoms with van der Waals surface area (Å²) in [5, 5.41) is 5.13. The van der Waals surface area contributed by atoms with Gasteiger partial charge in [-0.1, -0.05) is 36.9 Å². The molecule has 0 aliphatic carbocycles. The molecule has 1 aromatic heterocycles. The van der Waals surface area contributed by atoms with Gasteiger partial charge in [0.25, 0.3) is 5.91 Å². The minimum absolute atomic E-state index is 0.0463. The number of benzene rings is 1. The molecule has 0 bridgehead atoms. The van der Waals surface area contributed by atoms with Gasteiger partial charge in [-0.15, -0.1) is 0 Å². The number of carbonyl (C=O) groups is 3. The van der Waals surface area contributed by atoms with Crippen molar-refractivity contribution in [2.24, 2.45) is 0 Å². The minimum atomic E-state index is -0.978. The van der Waals surface area contributed by atoms with Crippen LogP contribution in [0.15, 0.2) is 35.4 Å². The quantitative estimate of drug-likeness (QED) is 0.621. The van der Waals surface area contributed by atoms with Gasteiger partial charge in [0.1, 0.15) is 5.54 Å². The normalized spacial score (nSPS) is 19.7. The monoisotopic (exact) mass is 372 g/mol. The van der Waals surface area contributed by atoms with E-state index >= 15 is 0 Å². The molecular formula is C18H20N4O3S. The van der Waals surface area contributed by atoms with Crippen LogP contribution in [0.1, 0.15) is 25.8 Å². The fourth-order valence-corrected chi connectivity index (χ4v) is 3.48. The maximum absolute atomic E-state index is 12.3. The van der Waals surface area contributed by atoms with E-state index < -0.39 is 23.4 Å². The molecule has 1 atom stereocenters. The number of aromatic nitrogens is 1. The number of hydrogen-bond acceptors (Lipinski definition) is 5. The van der Waals surface area contributed by atoms with Crippen molar-refractivity contribution in [2.75, 3.05) is 5.75 Å². The molecule has 0 spiro atoms. The second-order valence-electron chi connectivity index (χ2n) is 6.37. The van der Waals surface area contributed by atoms with Crippen molar-refractivity contribution in [3.63, 3.8) is 0 Å². The SMILES string of the molecule is CC[C@@]1(C)NC(=O)N(NC(=O)CSc2cc(C)c3ccccc3n2)C1=O. The van der Waals surface area contributed by atoms with Crippen LogP contribution in [0.3, 0.4) is 0 Å². The Balaban J connectivity index is 1.65. The van der Waals surface area contributed by atoms with Gasteiger partial charge in [0.2, 0.25) is 5.91 Å². The number of carbonyl (C=O) groups excluding carboxylic acids is 3. The van der Waals surface area contributed by atoms with Gasteiger partial charge >= 0.3 is 6.03 Å². The van der Waals surface area contributed by atoms with Crippen molar-refractivity contribution in [3.8, 4) is 0 Å². The first-order valence-corrected chi connectivity index (χ1v) is 9.28. The summed E-state index contributed by atoms with van der Waals surface area (Å²) in [5.41, 5.74) is 3.34. The van der Waals surface area contributed by atoms with Crippen LogP contribution in [0.5, 0.6) is 0 Å². The Kier molecular flexibility index (Phi) is 4.86. The second-order valence-corrected chi connectivity index (χ2v) is 7.37. The molecule has 1 saturated heterocycles. The number of amides is 4. The number of hydrogen-bond donors (Lipinski definition) is 2. The van der Waals surface area contributed by atoms with Gasteiger partial charge in [0.05, 0.1) is 16.3 Å². The van der Waals surface area contributed by atoms with Crippen LogP contribution in [-0.2, 0) is 9.59 Å². The van der Waals surface area contributed by atoms with Crippen LogP contribution in [-0.4, -0.2) is 39.1 Å². The van der Waals surface area contributed by atoms with Gasteiger partial charge in [-0.2, -0.15) is 5.01 Å². The highest BCUT2D eigenvalue weighted by molar-refractivity contribution is 7.99. The molecule has 0 unspecified atom stereocenters. The molecule has 2 heterocycles. The van der Waals surface area contributed by atoms with Crippen LogP contribution in [0, 0.1) is 6.92 Å². The average Bonchev–Trinajstić information content (AvgIpc) is 2.84. The van der Waals surface area contributed by atoms with Crippen molar-refractivity contribution in [2.45, 2.75) is 37.8 Å². The number of rotatable bonds is 5. The highest BCUT2D eigenvalue weighted by atomic mass is 32.2. The first-order valence-electron chi connectivity index (χ1n) is 8.29. The summed E-state index contributed by atoms with van der Waals surface area (Å²) in [4.78, 5) is 40.9. The van der Waals surface area contributed by atoms with Crippen LogP contribution in [0.4, 0.5) is 4.79 Å². The number of hydrazine groups is 1. The number of fused-ring (bicyclic) bond motifs is 1. The Morgan fingerprint density at radius 3 is 2.77 bits per heavy atom. The Labute approximate surface area is 155 Å². The van der Waals surface area contributed by atoms with Crippen molar-refractivity contribution in [1.29, 1.82) is 0 Å². The average molecular weight is 372 g/mol. The standard InChI is InChI=1S/C18H20N4O3S/c1-4-18(3)16(24)22(17(25)20-18)21-14(23)10-26-15-9-11(2)12-7-5-6-8-13(12)19-15/h5-9H,4,10H2,1-3H3,(H,20,25)(H,21,23)/t18-/m1/s1. The molecule has 2 N–H and O–H groups in total. The molecule has 2 aromatic rings. The van der Waals surface area contributed by atoms with E-state index in [-0.39, 0.29) is 5.75 Å². The molecule has 1 aromatic carbocycles. The molecule has 4 amide bonds. The smallest absolute Gasteiger partial charge is 0.322 e. The van der Waals surface area contributed by atoms with E-state index in [2.05, 4.69) is 15.7 Å². The first kappa shape index (κ1) is 18.2. The summed E-state index contributed by atoms with van der Waals surface area (Å²) in [6.07, 6.45) is 0.443. The number of para-hydroxylation sites is 1. The van der Waals surface area contributed by atoms with Gasteiger partial charge in [0, 0.05) is 5.39 Å². The number of urea groups is 1. The van der Waals surface area contributed by atoms with Crippen LogP contribution in [0.2, 0.25) is 0 Å². The number of aryl methyl sites for hydroxylation is 1. The highest BCUT2D eigenvalue weighted by Gasteiger charge is 2.47. The molecule has 1 fully saturated rings. The van der Waals surface area contributed by atoms with E-state index in [1.54, 1.807) is 13.8 Å². The minimum Gasteiger partial charge on any atom is -0.322 e. The van der Waals surface area contributed by atoms with E-state index in [0.29, 0.717) is 11.4 Å². The van der Waals surface area contributed by atoms with Gasteiger partial charge in [-0.05, 0) is 38.0 Å². The van der Waals surface area contributed by atoms with Crippen LogP contribution < -0.4 is 10.7 Å². The molecule has 7 nitrogen and oxygen atoms in total. The molecule has 3 rings (SSSR count). The summed E-state index contributed by atoms with van der Waals surface area (Å²) < 4.78 is 0. The highest BCUT2D eigenvalue weighted by Crippen LogP contribution is 2.24. The van der Waals surface area contributed by atoms with E-state index in [4.69, 9.17) is 0 Å². The van der Waals surface area contributed by atoms with E-state index in [0.717, 1.165) is 21.5 Å². The predicted molar refractivity (Wildman–Crippen MR) is 99.4 cm³/mol. The van der Waals surface area contributed by atoms with Gasteiger partial charge in [-0.3, -0.25) is 15.0 Å². The maximum Gasteiger partial charge on any atom is 0.344 e. The topological polar surface area (TPSA) is 91.4 Å². The number of pyridine rings is 1. The lowest BCUT2D eigenvalue weighted by atomic mass is 10.00. The van der Waals surface area contributed by atoms with Gasteiger partial charge in [-0.25, -0.2) is 9.78 Å². The fourth-order valence-electron chi connectivity index (χ4n) is 2.71. The van der Waals surface area contributed by atoms with Crippen molar-refractivity contribution < 1.29 is 14.4 Å². The molecule has 1 aliphatic rings. The molecule has 0 saturated carbocycles. The molecule has 1 aliphatic heterocycles. The van der Waals surface area contributed by atoms with Crippen LogP contribution in [0.25, 0.3) is 10.9 Å². The van der Waals surface area contributed by atoms with Gasteiger partial charge in [0.15, 0.2) is 0 Å². The Morgan fingerprint density at radius 2 is 2.08 bits per heavy atom. The van der Waals surface area contributed by atoms with E-state index in [9.17, 15) is 14.4 Å². The Hall–Kier alpha value is -2.61. The number of thioether (sulfide) groups is 1. The summed E-state index contributed by atoms with van der Waals surface area (Å²) in [5.74, 6) is -0.848. The van der Waals surface area contributed by atoms with Crippen molar-refractivity contribution >= 4 is 40.5 Å². The van der Waals surface area contributed by atoms with Gasteiger partial charge < -0.3 is 5.32 Å². The summed E-state index contributed by atoms with van der Waals surface area (Å²) >= 11 is 1.26. The predicted octanol–water partition coefficient (Wildman–Crippen LogP) is 2.39. The van der Waals surface area contributed by atoms with Crippen LogP contribution >= 0.6 is 11.8 Å². The zero-order valence-corrected chi connectivity index (χ0v) is 15.6. The Bertz CT molecular complexity index is 901. The van der Waals surface area contributed by atoms with E-state index in [1.165, 1.54) is 11.8 Å². The summed E-state index contributed by atoms with van der Waals surface area (Å²) in [7, 11) is 0. The lowest BCUT2D eigenvalue weighted by Gasteiger charge is -2.19. The molecular weight excluding hydrogens is 352 g/mol. The van der Waals surface area contributed by atoms with E-state index in [1.807, 2.05) is 37.3 Å². The van der Waals surface area contributed by atoms with Crippen molar-refractivity contribution in [1.82, 2.24) is 20.7 Å². The maximum atomic E-state index is 12.3. The lowest BCUT2D eigenvalue weighted by Crippen LogP contribution is -2.49. The third-order valence-electron chi connectivity index (χ3n) is 4.46. The van der Waals surface area contributed by atoms with Crippen molar-refractivity contribution in [3.05, 3.63) is 35.9 Å². The third kappa shape index (κ3) is 3.37. The summed E-state index contributed by atoms with van der Waals surface area (Å²) in [6, 6.07) is 9.10.